The van der Waals surface area contributed by atoms with Crippen molar-refractivity contribution in [1.29, 1.82) is 0 Å². The summed E-state index contributed by atoms with van der Waals surface area (Å²) in [7, 11) is 0. The molecule has 0 fully saturated rings. The van der Waals surface area contributed by atoms with E-state index in [9.17, 15) is 14.5 Å². The molecule has 2 aromatic rings. The van der Waals surface area contributed by atoms with Gasteiger partial charge in [0.25, 0.3) is 0 Å². The minimum absolute atomic E-state index is 0.152. The SMILES string of the molecule is CCNc1nc(NCc2cccc(F)c2)ncc1[N+](=O)[O-]. The van der Waals surface area contributed by atoms with Gasteiger partial charge in [0, 0.05) is 13.1 Å². The van der Waals surface area contributed by atoms with E-state index in [2.05, 4.69) is 20.6 Å². The molecular formula is C13H14FN5O2. The number of anilines is 2. The predicted octanol–water partition coefficient (Wildman–Crippen LogP) is 2.57. The van der Waals surface area contributed by atoms with Crippen molar-refractivity contribution in [2.45, 2.75) is 13.5 Å². The van der Waals surface area contributed by atoms with Gasteiger partial charge in [-0.2, -0.15) is 4.98 Å². The molecule has 21 heavy (non-hydrogen) atoms. The van der Waals surface area contributed by atoms with Crippen molar-refractivity contribution >= 4 is 17.5 Å². The average Bonchev–Trinajstić information content (AvgIpc) is 2.45. The second-order valence-electron chi connectivity index (χ2n) is 4.20. The quantitative estimate of drug-likeness (QED) is 0.627. The van der Waals surface area contributed by atoms with Crippen LogP contribution in [0.25, 0.3) is 0 Å². The Hall–Kier alpha value is -2.77. The Morgan fingerprint density at radius 1 is 1.38 bits per heavy atom. The molecule has 2 rings (SSSR count). The van der Waals surface area contributed by atoms with Crippen molar-refractivity contribution in [2.24, 2.45) is 0 Å². The second-order valence-corrected chi connectivity index (χ2v) is 4.20. The van der Waals surface area contributed by atoms with Crippen molar-refractivity contribution in [3.8, 4) is 0 Å². The van der Waals surface area contributed by atoms with E-state index in [0.717, 1.165) is 11.8 Å². The Kier molecular flexibility index (Phi) is 4.60. The van der Waals surface area contributed by atoms with E-state index in [4.69, 9.17) is 0 Å². The van der Waals surface area contributed by atoms with Crippen molar-refractivity contribution in [3.63, 3.8) is 0 Å². The van der Waals surface area contributed by atoms with Crippen LogP contribution in [0.2, 0.25) is 0 Å². The fourth-order valence-electron chi connectivity index (χ4n) is 1.72. The second kappa shape index (κ2) is 6.60. The molecule has 0 aliphatic heterocycles. The summed E-state index contributed by atoms with van der Waals surface area (Å²) in [6.45, 7) is 2.63. The van der Waals surface area contributed by atoms with E-state index in [0.29, 0.717) is 13.1 Å². The predicted molar refractivity (Wildman–Crippen MR) is 76.6 cm³/mol. The first kappa shape index (κ1) is 14.6. The molecule has 2 N–H and O–H groups in total. The number of benzene rings is 1. The number of rotatable bonds is 6. The highest BCUT2D eigenvalue weighted by Gasteiger charge is 2.16. The maximum Gasteiger partial charge on any atom is 0.329 e. The van der Waals surface area contributed by atoms with Gasteiger partial charge in [0.05, 0.1) is 4.92 Å². The molecule has 7 nitrogen and oxygen atoms in total. The fraction of sp³-hybridized carbons (Fsp3) is 0.231. The van der Waals surface area contributed by atoms with Crippen LogP contribution in [0.3, 0.4) is 0 Å². The summed E-state index contributed by atoms with van der Waals surface area (Å²) in [5, 5.41) is 16.6. The minimum Gasteiger partial charge on any atom is -0.364 e. The van der Waals surface area contributed by atoms with Gasteiger partial charge in [0.2, 0.25) is 11.8 Å². The molecule has 8 heteroatoms. The Balaban J connectivity index is 2.13. The van der Waals surface area contributed by atoms with Crippen LogP contribution < -0.4 is 10.6 Å². The van der Waals surface area contributed by atoms with E-state index in [1.54, 1.807) is 12.1 Å². The van der Waals surface area contributed by atoms with Crippen LogP contribution >= 0.6 is 0 Å². The summed E-state index contributed by atoms with van der Waals surface area (Å²) in [5.41, 5.74) is 0.537. The standard InChI is InChI=1S/C13H14FN5O2/c1-2-15-12-11(19(20)21)8-17-13(18-12)16-7-9-4-3-5-10(14)6-9/h3-6,8H,2,7H2,1H3,(H2,15,16,17,18). The molecular weight excluding hydrogens is 277 g/mol. The number of aromatic nitrogens is 2. The van der Waals surface area contributed by atoms with E-state index in [1.165, 1.54) is 12.1 Å². The fourth-order valence-corrected chi connectivity index (χ4v) is 1.72. The molecule has 0 saturated carbocycles. The highest BCUT2D eigenvalue weighted by molar-refractivity contribution is 5.56. The number of nitrogens with one attached hydrogen (secondary N) is 2. The molecule has 0 spiro atoms. The molecule has 0 saturated heterocycles. The highest BCUT2D eigenvalue weighted by atomic mass is 19.1. The zero-order valence-electron chi connectivity index (χ0n) is 11.3. The molecule has 0 aliphatic carbocycles. The van der Waals surface area contributed by atoms with Gasteiger partial charge in [-0.1, -0.05) is 12.1 Å². The summed E-state index contributed by atoms with van der Waals surface area (Å²) in [5.74, 6) is 0.0623. The minimum atomic E-state index is -0.547. The molecule has 1 aromatic carbocycles. The Morgan fingerprint density at radius 2 is 2.19 bits per heavy atom. The van der Waals surface area contributed by atoms with Crippen molar-refractivity contribution in [3.05, 3.63) is 52.0 Å². The Morgan fingerprint density at radius 3 is 2.86 bits per heavy atom. The van der Waals surface area contributed by atoms with Gasteiger partial charge < -0.3 is 10.6 Å². The lowest BCUT2D eigenvalue weighted by Crippen LogP contribution is -2.09. The van der Waals surface area contributed by atoms with Gasteiger partial charge in [0.15, 0.2) is 0 Å². The summed E-state index contributed by atoms with van der Waals surface area (Å²) in [6.07, 6.45) is 1.14. The molecule has 1 aromatic heterocycles. The lowest BCUT2D eigenvalue weighted by Gasteiger charge is -2.08. The van der Waals surface area contributed by atoms with Gasteiger partial charge in [0.1, 0.15) is 12.0 Å². The number of halogens is 1. The summed E-state index contributed by atoms with van der Waals surface area (Å²) < 4.78 is 13.1. The molecule has 0 bridgehead atoms. The van der Waals surface area contributed by atoms with Gasteiger partial charge in [-0.25, -0.2) is 9.37 Å². The first-order valence-corrected chi connectivity index (χ1v) is 6.33. The van der Waals surface area contributed by atoms with Crippen LogP contribution in [0.15, 0.2) is 30.5 Å². The van der Waals surface area contributed by atoms with Crippen molar-refractivity contribution in [2.75, 3.05) is 17.2 Å². The molecule has 0 amide bonds. The van der Waals surface area contributed by atoms with Crippen LogP contribution in [0.1, 0.15) is 12.5 Å². The normalized spacial score (nSPS) is 10.2. The molecule has 0 aliphatic rings. The van der Waals surface area contributed by atoms with E-state index in [-0.39, 0.29) is 23.3 Å². The Labute approximate surface area is 120 Å². The van der Waals surface area contributed by atoms with Crippen LogP contribution in [0.5, 0.6) is 0 Å². The van der Waals surface area contributed by atoms with Gasteiger partial charge >= 0.3 is 5.69 Å². The maximum absolute atomic E-state index is 13.1. The number of hydrogen-bond donors (Lipinski definition) is 2. The molecule has 0 atom stereocenters. The molecule has 1 heterocycles. The van der Waals surface area contributed by atoms with Gasteiger partial charge in [-0.05, 0) is 24.6 Å². The third-order valence-electron chi connectivity index (χ3n) is 2.65. The molecule has 110 valence electrons. The zero-order chi connectivity index (χ0) is 15.2. The largest absolute Gasteiger partial charge is 0.364 e. The summed E-state index contributed by atoms with van der Waals surface area (Å²) in [6, 6.07) is 6.11. The summed E-state index contributed by atoms with van der Waals surface area (Å²) >= 11 is 0. The maximum atomic E-state index is 13.1. The van der Waals surface area contributed by atoms with E-state index < -0.39 is 4.92 Å². The van der Waals surface area contributed by atoms with Crippen molar-refractivity contribution < 1.29 is 9.31 Å². The number of hydrogen-bond acceptors (Lipinski definition) is 6. The Bertz CT molecular complexity index is 650. The average molecular weight is 291 g/mol. The van der Waals surface area contributed by atoms with Crippen LogP contribution in [-0.4, -0.2) is 21.4 Å². The first-order chi connectivity index (χ1) is 10.1. The molecule has 0 unspecified atom stereocenters. The lowest BCUT2D eigenvalue weighted by atomic mass is 10.2. The van der Waals surface area contributed by atoms with Crippen molar-refractivity contribution in [1.82, 2.24) is 9.97 Å². The van der Waals surface area contributed by atoms with Gasteiger partial charge in [-0.3, -0.25) is 10.1 Å². The third kappa shape index (κ3) is 3.85. The number of nitrogens with zero attached hydrogens (tertiary/aromatic N) is 3. The summed E-state index contributed by atoms with van der Waals surface area (Å²) in [4.78, 5) is 18.2. The van der Waals surface area contributed by atoms with Crippen LogP contribution in [-0.2, 0) is 6.54 Å². The topological polar surface area (TPSA) is 93.0 Å². The molecule has 0 radical (unpaired) electrons. The number of nitro groups is 1. The van der Waals surface area contributed by atoms with Gasteiger partial charge in [-0.15, -0.1) is 0 Å². The van der Waals surface area contributed by atoms with E-state index >= 15 is 0 Å². The van der Waals surface area contributed by atoms with Crippen LogP contribution in [0.4, 0.5) is 21.8 Å². The zero-order valence-corrected chi connectivity index (χ0v) is 11.3. The lowest BCUT2D eigenvalue weighted by molar-refractivity contribution is -0.384. The first-order valence-electron chi connectivity index (χ1n) is 6.33. The van der Waals surface area contributed by atoms with Crippen LogP contribution in [0, 0.1) is 15.9 Å². The monoisotopic (exact) mass is 291 g/mol. The third-order valence-corrected chi connectivity index (χ3v) is 2.65. The van der Waals surface area contributed by atoms with E-state index in [1.807, 2.05) is 6.92 Å². The smallest absolute Gasteiger partial charge is 0.329 e. The highest BCUT2D eigenvalue weighted by Crippen LogP contribution is 2.21.